The Labute approximate surface area is 124 Å². The molecule has 2 unspecified atom stereocenters. The summed E-state index contributed by atoms with van der Waals surface area (Å²) in [6.07, 6.45) is -2.53. The van der Waals surface area contributed by atoms with E-state index < -0.39 is 41.4 Å². The number of amides is 2. The van der Waals surface area contributed by atoms with E-state index in [-0.39, 0.29) is 0 Å². The number of aliphatic hydroxyl groups excluding tert-OH is 1. The molecule has 122 valence electrons. The van der Waals surface area contributed by atoms with Crippen LogP contribution in [0.4, 0.5) is 28.0 Å². The average molecular weight is 320 g/mol. The van der Waals surface area contributed by atoms with Crippen molar-refractivity contribution in [3.05, 3.63) is 29.6 Å². The van der Waals surface area contributed by atoms with E-state index in [2.05, 4.69) is 10.6 Å². The largest absolute Gasteiger partial charge is 0.416 e. The van der Waals surface area contributed by atoms with Gasteiger partial charge in [0.1, 0.15) is 5.82 Å². The van der Waals surface area contributed by atoms with Crippen LogP contribution < -0.4 is 10.6 Å². The Morgan fingerprint density at radius 3 is 2.55 bits per heavy atom. The van der Waals surface area contributed by atoms with Gasteiger partial charge in [-0.1, -0.05) is 12.8 Å². The molecule has 8 heteroatoms. The van der Waals surface area contributed by atoms with Gasteiger partial charge in [-0.25, -0.2) is 9.18 Å². The van der Waals surface area contributed by atoms with Crippen molar-refractivity contribution in [3.63, 3.8) is 0 Å². The zero-order chi connectivity index (χ0) is 16.3. The molecule has 0 bridgehead atoms. The molecule has 1 saturated carbocycles. The first kappa shape index (κ1) is 16.5. The molecule has 4 nitrogen and oxygen atoms in total. The van der Waals surface area contributed by atoms with Crippen molar-refractivity contribution >= 4 is 11.7 Å². The maximum Gasteiger partial charge on any atom is 0.416 e. The molecule has 0 saturated heterocycles. The lowest BCUT2D eigenvalue weighted by atomic mass is 9.93. The molecule has 2 rings (SSSR count). The average Bonchev–Trinajstić information content (AvgIpc) is 2.42. The maximum atomic E-state index is 13.5. The third-order valence-corrected chi connectivity index (χ3v) is 3.59. The molecule has 0 aliphatic heterocycles. The molecule has 0 radical (unpaired) electrons. The number of rotatable bonds is 2. The number of aliphatic hydroxyl groups is 1. The van der Waals surface area contributed by atoms with Gasteiger partial charge in [-0.2, -0.15) is 13.2 Å². The summed E-state index contributed by atoms with van der Waals surface area (Å²) in [7, 11) is 0. The summed E-state index contributed by atoms with van der Waals surface area (Å²) >= 11 is 0. The van der Waals surface area contributed by atoms with E-state index in [1.165, 1.54) is 0 Å². The van der Waals surface area contributed by atoms with E-state index in [9.17, 15) is 27.5 Å². The fraction of sp³-hybridized carbons (Fsp3) is 0.500. The minimum atomic E-state index is -4.62. The highest BCUT2D eigenvalue weighted by Crippen LogP contribution is 2.31. The number of hydrogen-bond acceptors (Lipinski definition) is 2. The van der Waals surface area contributed by atoms with Crippen LogP contribution in [-0.2, 0) is 6.18 Å². The molecule has 1 aliphatic rings. The molecule has 22 heavy (non-hydrogen) atoms. The Kier molecular flexibility index (Phi) is 4.90. The molecule has 3 N–H and O–H groups in total. The highest BCUT2D eigenvalue weighted by molar-refractivity contribution is 5.89. The van der Waals surface area contributed by atoms with Gasteiger partial charge >= 0.3 is 12.2 Å². The summed E-state index contributed by atoms with van der Waals surface area (Å²) in [6, 6.07) is 0.454. The first-order valence-corrected chi connectivity index (χ1v) is 6.89. The summed E-state index contributed by atoms with van der Waals surface area (Å²) in [5.74, 6) is -0.965. The molecular formula is C14H16F4N2O2. The summed E-state index contributed by atoms with van der Waals surface area (Å²) in [5, 5.41) is 14.2. The summed E-state index contributed by atoms with van der Waals surface area (Å²) in [6.45, 7) is 0. The van der Waals surface area contributed by atoms with Gasteiger partial charge < -0.3 is 15.7 Å². The highest BCUT2D eigenvalue weighted by Gasteiger charge is 2.31. The molecule has 1 aromatic carbocycles. The van der Waals surface area contributed by atoms with E-state index in [4.69, 9.17) is 0 Å². The number of anilines is 1. The summed E-state index contributed by atoms with van der Waals surface area (Å²) in [4.78, 5) is 11.8. The first-order chi connectivity index (χ1) is 10.3. The molecule has 0 aromatic heterocycles. The van der Waals surface area contributed by atoms with Crippen LogP contribution >= 0.6 is 0 Å². The molecule has 1 aliphatic carbocycles. The topological polar surface area (TPSA) is 61.4 Å². The number of halogens is 4. The molecule has 2 atom stereocenters. The predicted octanol–water partition coefficient (Wildman–Crippen LogP) is 3.27. The minimum Gasteiger partial charge on any atom is -0.391 e. The van der Waals surface area contributed by atoms with Crippen LogP contribution in [0.25, 0.3) is 0 Å². The van der Waals surface area contributed by atoms with Crippen LogP contribution in [0.15, 0.2) is 18.2 Å². The second-order valence-corrected chi connectivity index (χ2v) is 5.25. The number of carbonyl (C=O) groups excluding carboxylic acids is 1. The smallest absolute Gasteiger partial charge is 0.391 e. The van der Waals surface area contributed by atoms with E-state index in [0.717, 1.165) is 12.8 Å². The Bertz CT molecular complexity index is 548. The van der Waals surface area contributed by atoms with Gasteiger partial charge in [-0.05, 0) is 31.0 Å². The number of benzene rings is 1. The van der Waals surface area contributed by atoms with Crippen molar-refractivity contribution in [1.82, 2.24) is 5.32 Å². The second kappa shape index (κ2) is 6.51. The number of nitrogens with one attached hydrogen (secondary N) is 2. The standard InChI is InChI=1S/C14H16F4N2O2/c15-9-6-5-8(14(16,17)18)7-11(9)20-13(22)19-10-3-1-2-4-12(10)21/h5-7,10,12,21H,1-4H2,(H2,19,20,22). The van der Waals surface area contributed by atoms with Crippen LogP contribution in [0, 0.1) is 5.82 Å². The molecule has 1 aromatic rings. The van der Waals surface area contributed by atoms with E-state index in [1.807, 2.05) is 0 Å². The van der Waals surface area contributed by atoms with Gasteiger partial charge in [0.05, 0.1) is 23.4 Å². The third kappa shape index (κ3) is 4.09. The van der Waals surface area contributed by atoms with Crippen LogP contribution in [0.5, 0.6) is 0 Å². The SMILES string of the molecule is O=C(Nc1cc(C(F)(F)F)ccc1F)NC1CCCCC1O. The summed E-state index contributed by atoms with van der Waals surface area (Å²) in [5.41, 5.74) is -1.61. The van der Waals surface area contributed by atoms with Crippen molar-refractivity contribution in [3.8, 4) is 0 Å². The molecule has 2 amide bonds. The lowest BCUT2D eigenvalue weighted by Gasteiger charge is -2.28. The van der Waals surface area contributed by atoms with Gasteiger partial charge in [0.25, 0.3) is 0 Å². The Balaban J connectivity index is 2.04. The van der Waals surface area contributed by atoms with Gasteiger partial charge in [0.15, 0.2) is 0 Å². The van der Waals surface area contributed by atoms with E-state index >= 15 is 0 Å². The molecule has 1 fully saturated rings. The molecule has 0 spiro atoms. The normalized spacial score (nSPS) is 22.2. The van der Waals surface area contributed by atoms with Crippen molar-refractivity contribution in [2.45, 2.75) is 44.0 Å². The van der Waals surface area contributed by atoms with Crippen molar-refractivity contribution in [1.29, 1.82) is 0 Å². The van der Waals surface area contributed by atoms with E-state index in [1.54, 1.807) is 0 Å². The Morgan fingerprint density at radius 1 is 1.23 bits per heavy atom. The van der Waals surface area contributed by atoms with Crippen molar-refractivity contribution in [2.24, 2.45) is 0 Å². The Hall–Kier alpha value is -1.83. The number of hydrogen-bond donors (Lipinski definition) is 3. The monoisotopic (exact) mass is 320 g/mol. The van der Waals surface area contributed by atoms with E-state index in [0.29, 0.717) is 31.0 Å². The van der Waals surface area contributed by atoms with Crippen molar-refractivity contribution in [2.75, 3.05) is 5.32 Å². The predicted molar refractivity (Wildman–Crippen MR) is 71.8 cm³/mol. The Morgan fingerprint density at radius 2 is 1.91 bits per heavy atom. The lowest BCUT2D eigenvalue weighted by molar-refractivity contribution is -0.137. The summed E-state index contributed by atoms with van der Waals surface area (Å²) < 4.78 is 51.2. The number of alkyl halides is 3. The number of carbonyl (C=O) groups is 1. The fourth-order valence-corrected chi connectivity index (χ4v) is 2.40. The molecular weight excluding hydrogens is 304 g/mol. The van der Waals surface area contributed by atoms with Gasteiger partial charge in [-0.15, -0.1) is 0 Å². The number of urea groups is 1. The zero-order valence-corrected chi connectivity index (χ0v) is 11.6. The van der Waals surface area contributed by atoms with Crippen molar-refractivity contribution < 1.29 is 27.5 Å². The third-order valence-electron chi connectivity index (χ3n) is 3.59. The van der Waals surface area contributed by atoms with Crippen LogP contribution in [0.1, 0.15) is 31.2 Å². The maximum absolute atomic E-state index is 13.5. The van der Waals surface area contributed by atoms with Gasteiger partial charge in [0, 0.05) is 0 Å². The lowest BCUT2D eigenvalue weighted by Crippen LogP contribution is -2.46. The zero-order valence-electron chi connectivity index (χ0n) is 11.6. The van der Waals surface area contributed by atoms with Crippen LogP contribution in [0.3, 0.4) is 0 Å². The van der Waals surface area contributed by atoms with Gasteiger partial charge in [0.2, 0.25) is 0 Å². The highest BCUT2D eigenvalue weighted by atomic mass is 19.4. The van der Waals surface area contributed by atoms with Crippen LogP contribution in [0.2, 0.25) is 0 Å². The molecule has 0 heterocycles. The van der Waals surface area contributed by atoms with Crippen LogP contribution in [-0.4, -0.2) is 23.3 Å². The first-order valence-electron chi connectivity index (χ1n) is 6.89. The van der Waals surface area contributed by atoms with Gasteiger partial charge in [-0.3, -0.25) is 0 Å². The minimum absolute atomic E-state index is 0.484. The fourth-order valence-electron chi connectivity index (χ4n) is 2.40. The second-order valence-electron chi connectivity index (χ2n) is 5.25. The quantitative estimate of drug-likeness (QED) is 0.733.